The topological polar surface area (TPSA) is 73.7 Å². The number of hydrogen-bond donors (Lipinski definition) is 3. The molecule has 0 amide bonds. The van der Waals surface area contributed by atoms with Crippen molar-refractivity contribution in [3.8, 4) is 5.75 Å². The predicted molar refractivity (Wildman–Crippen MR) is 86.2 cm³/mol. The molecule has 2 heterocycles. The second-order valence-electron chi connectivity index (χ2n) is 4.93. The number of benzene rings is 1. The summed E-state index contributed by atoms with van der Waals surface area (Å²) in [6, 6.07) is 11.7. The first-order valence-electron chi connectivity index (χ1n) is 7.01. The summed E-state index contributed by atoms with van der Waals surface area (Å²) in [5, 5.41) is 6.95. The molecule has 0 unspecified atom stereocenters. The third-order valence-electron chi connectivity index (χ3n) is 3.47. The van der Waals surface area contributed by atoms with Crippen LogP contribution >= 0.6 is 0 Å². The van der Waals surface area contributed by atoms with Crippen LogP contribution in [0.25, 0.3) is 12.2 Å². The highest BCUT2D eigenvalue weighted by molar-refractivity contribution is 5.45. The fourth-order valence-corrected chi connectivity index (χ4v) is 2.26. The Labute approximate surface area is 127 Å². The molecule has 5 nitrogen and oxygen atoms in total. The van der Waals surface area contributed by atoms with Crippen molar-refractivity contribution in [2.75, 3.05) is 7.11 Å². The Balaban J connectivity index is 1.93. The van der Waals surface area contributed by atoms with Gasteiger partial charge in [0.15, 0.2) is 0 Å². The normalized spacial score (nSPS) is 12.8. The van der Waals surface area contributed by atoms with Crippen LogP contribution in [-0.2, 0) is 6.42 Å². The first-order chi connectivity index (χ1) is 10.8. The summed E-state index contributed by atoms with van der Waals surface area (Å²) in [6.45, 7) is 0. The van der Waals surface area contributed by atoms with Crippen molar-refractivity contribution < 1.29 is 4.74 Å². The Morgan fingerprint density at radius 3 is 2.64 bits per heavy atom. The van der Waals surface area contributed by atoms with E-state index in [2.05, 4.69) is 15.2 Å². The lowest BCUT2D eigenvalue weighted by Gasteiger charge is -2.00. The van der Waals surface area contributed by atoms with Gasteiger partial charge >= 0.3 is 0 Å². The van der Waals surface area contributed by atoms with Crippen molar-refractivity contribution in [1.82, 2.24) is 15.2 Å². The molecule has 3 N–H and O–H groups in total. The molecule has 0 bridgehead atoms. The summed E-state index contributed by atoms with van der Waals surface area (Å²) in [5.74, 6) is 0.833. The van der Waals surface area contributed by atoms with E-state index in [4.69, 9.17) is 4.74 Å². The van der Waals surface area contributed by atoms with Gasteiger partial charge in [-0.05, 0) is 42.3 Å². The molecule has 0 saturated carbocycles. The van der Waals surface area contributed by atoms with Crippen molar-refractivity contribution in [2.45, 2.75) is 6.42 Å². The molecule has 0 atom stereocenters. The summed E-state index contributed by atoms with van der Waals surface area (Å²) < 4.78 is 5.14. The molecule has 112 valence electrons. The fraction of sp³-hybridized carbons (Fsp3) is 0.118. The first-order valence-corrected chi connectivity index (χ1v) is 7.01. The van der Waals surface area contributed by atoms with Gasteiger partial charge in [-0.15, -0.1) is 0 Å². The van der Waals surface area contributed by atoms with Crippen LogP contribution in [0.3, 0.4) is 0 Å². The van der Waals surface area contributed by atoms with Crippen molar-refractivity contribution in [2.24, 2.45) is 0 Å². The maximum atomic E-state index is 11.9. The highest BCUT2D eigenvalue weighted by Gasteiger charge is 1.97. The third kappa shape index (κ3) is 3.03. The molecule has 5 heteroatoms. The lowest BCUT2D eigenvalue weighted by Crippen LogP contribution is -2.33. The minimum absolute atomic E-state index is 0.129. The Kier molecular flexibility index (Phi) is 3.96. The van der Waals surface area contributed by atoms with E-state index < -0.39 is 0 Å². The van der Waals surface area contributed by atoms with Gasteiger partial charge in [-0.2, -0.15) is 0 Å². The average Bonchev–Trinajstić information content (AvgIpc) is 3.18. The molecule has 0 fully saturated rings. The molecule has 2 aromatic heterocycles. The van der Waals surface area contributed by atoms with Crippen LogP contribution in [0.5, 0.6) is 5.75 Å². The van der Waals surface area contributed by atoms with Crippen molar-refractivity contribution in [3.63, 3.8) is 0 Å². The van der Waals surface area contributed by atoms with Gasteiger partial charge < -0.3 is 9.72 Å². The van der Waals surface area contributed by atoms with E-state index in [1.54, 1.807) is 7.11 Å². The van der Waals surface area contributed by atoms with E-state index in [1.807, 2.05) is 54.7 Å². The quantitative estimate of drug-likeness (QED) is 0.669. The summed E-state index contributed by atoms with van der Waals surface area (Å²) in [5.41, 5.74) is 1.91. The van der Waals surface area contributed by atoms with Crippen molar-refractivity contribution in [3.05, 3.63) is 74.8 Å². The maximum Gasteiger partial charge on any atom is 0.271 e. The van der Waals surface area contributed by atoms with Gasteiger partial charge in [0.25, 0.3) is 5.56 Å². The molecule has 0 saturated heterocycles. The predicted octanol–water partition coefficient (Wildman–Crippen LogP) is 0.892. The summed E-state index contributed by atoms with van der Waals surface area (Å²) in [7, 11) is 1.65. The lowest BCUT2D eigenvalue weighted by molar-refractivity contribution is 0.414. The zero-order chi connectivity index (χ0) is 15.4. The minimum Gasteiger partial charge on any atom is -0.497 e. The zero-order valence-electron chi connectivity index (χ0n) is 12.2. The Hall–Kier alpha value is -2.95. The van der Waals surface area contributed by atoms with Gasteiger partial charge in [-0.25, -0.2) is 0 Å². The fourth-order valence-electron chi connectivity index (χ4n) is 2.26. The maximum absolute atomic E-state index is 11.9. The number of hydrogen-bond acceptors (Lipinski definition) is 2. The van der Waals surface area contributed by atoms with Gasteiger partial charge in [0.2, 0.25) is 0 Å². The van der Waals surface area contributed by atoms with Crippen LogP contribution < -0.4 is 20.9 Å². The second-order valence-corrected chi connectivity index (χ2v) is 4.93. The summed E-state index contributed by atoms with van der Waals surface area (Å²) in [6.07, 6.45) is 6.38. The van der Waals surface area contributed by atoms with Crippen LogP contribution in [0.15, 0.2) is 47.4 Å². The highest BCUT2D eigenvalue weighted by Crippen LogP contribution is 2.11. The van der Waals surface area contributed by atoms with E-state index in [9.17, 15) is 4.79 Å². The van der Waals surface area contributed by atoms with Gasteiger partial charge in [0, 0.05) is 11.9 Å². The SMILES string of the molecule is COc1ccc(CC=c2[nH][nH]c(=O)c2=Cc2ccc[nH]2)cc1. The van der Waals surface area contributed by atoms with E-state index in [0.717, 1.165) is 28.8 Å². The molecule has 0 aliphatic rings. The molecular formula is C17H17N3O2. The third-order valence-corrected chi connectivity index (χ3v) is 3.47. The van der Waals surface area contributed by atoms with Crippen LogP contribution in [0.2, 0.25) is 0 Å². The van der Waals surface area contributed by atoms with Crippen molar-refractivity contribution in [1.29, 1.82) is 0 Å². The smallest absolute Gasteiger partial charge is 0.271 e. The van der Waals surface area contributed by atoms with E-state index in [1.165, 1.54) is 0 Å². The van der Waals surface area contributed by atoms with Gasteiger partial charge in [0.05, 0.1) is 17.7 Å². The highest BCUT2D eigenvalue weighted by atomic mass is 16.5. The molecule has 3 rings (SSSR count). The molecule has 0 aliphatic carbocycles. The molecule has 0 spiro atoms. The van der Waals surface area contributed by atoms with Crippen LogP contribution in [0.4, 0.5) is 0 Å². The van der Waals surface area contributed by atoms with E-state index in [-0.39, 0.29) is 5.56 Å². The van der Waals surface area contributed by atoms with Crippen LogP contribution in [-0.4, -0.2) is 22.3 Å². The van der Waals surface area contributed by atoms with Crippen molar-refractivity contribution >= 4 is 12.2 Å². The van der Waals surface area contributed by atoms with Crippen LogP contribution in [0, 0.1) is 0 Å². The molecule has 0 radical (unpaired) electrons. The average molecular weight is 295 g/mol. The number of aromatic nitrogens is 3. The number of H-pyrrole nitrogens is 3. The van der Waals surface area contributed by atoms with E-state index in [0.29, 0.717) is 5.22 Å². The zero-order valence-corrected chi connectivity index (χ0v) is 12.2. The van der Waals surface area contributed by atoms with Gasteiger partial charge in [-0.3, -0.25) is 15.0 Å². The monoisotopic (exact) mass is 295 g/mol. The second kappa shape index (κ2) is 6.22. The molecular weight excluding hydrogens is 278 g/mol. The molecule has 0 aliphatic heterocycles. The molecule has 1 aromatic carbocycles. The minimum atomic E-state index is -0.129. The Bertz CT molecular complexity index is 900. The lowest BCUT2D eigenvalue weighted by atomic mass is 10.1. The largest absolute Gasteiger partial charge is 0.497 e. The standard InChI is InChI=1S/C17H17N3O2/c1-22-14-7-4-12(5-8-14)6-9-16-15(17(21)20-19-16)11-13-3-2-10-18-13/h2-5,7-11,18-19H,6H2,1H3,(H,20,21). The first kappa shape index (κ1) is 14.0. The number of methoxy groups -OCH3 is 1. The van der Waals surface area contributed by atoms with Gasteiger partial charge in [-0.1, -0.05) is 18.2 Å². The van der Waals surface area contributed by atoms with Crippen LogP contribution in [0.1, 0.15) is 11.3 Å². The Morgan fingerprint density at radius 2 is 1.95 bits per heavy atom. The molecule has 3 aromatic rings. The van der Waals surface area contributed by atoms with E-state index >= 15 is 0 Å². The molecule has 22 heavy (non-hydrogen) atoms. The number of ether oxygens (including phenoxy) is 1. The van der Waals surface area contributed by atoms with Gasteiger partial charge in [0.1, 0.15) is 5.75 Å². The number of nitrogens with one attached hydrogen (secondary N) is 3. The number of aromatic amines is 3. The number of rotatable bonds is 4. The summed E-state index contributed by atoms with van der Waals surface area (Å²) in [4.78, 5) is 15.0. The summed E-state index contributed by atoms with van der Waals surface area (Å²) >= 11 is 0. The Morgan fingerprint density at radius 1 is 1.14 bits per heavy atom.